The van der Waals surface area contributed by atoms with E-state index in [-0.39, 0.29) is 28.6 Å². The zero-order valence-corrected chi connectivity index (χ0v) is 17.1. The van der Waals surface area contributed by atoms with Crippen molar-refractivity contribution < 1.29 is 23.9 Å². The molecule has 0 bridgehead atoms. The fraction of sp³-hybridized carbons (Fsp3) is 0.333. The van der Waals surface area contributed by atoms with Gasteiger partial charge in [-0.15, -0.1) is 11.3 Å². The van der Waals surface area contributed by atoms with Gasteiger partial charge in [-0.25, -0.2) is 4.79 Å². The van der Waals surface area contributed by atoms with Crippen molar-refractivity contribution >= 4 is 35.0 Å². The van der Waals surface area contributed by atoms with Gasteiger partial charge in [0.1, 0.15) is 0 Å². The van der Waals surface area contributed by atoms with Gasteiger partial charge in [-0.3, -0.25) is 19.3 Å². The van der Waals surface area contributed by atoms with E-state index in [4.69, 9.17) is 4.74 Å². The molecule has 3 amide bonds. The van der Waals surface area contributed by atoms with Crippen LogP contribution in [-0.4, -0.2) is 41.7 Å². The maximum Gasteiger partial charge on any atom is 0.338 e. The molecule has 7 nitrogen and oxygen atoms in total. The van der Waals surface area contributed by atoms with Gasteiger partial charge in [0.25, 0.3) is 17.7 Å². The molecule has 1 aliphatic heterocycles. The average Bonchev–Trinajstić information content (AvgIpc) is 3.33. The predicted octanol–water partition coefficient (Wildman–Crippen LogP) is 3.18. The van der Waals surface area contributed by atoms with E-state index in [0.717, 1.165) is 17.7 Å². The van der Waals surface area contributed by atoms with Crippen LogP contribution in [0.3, 0.4) is 0 Å². The number of nitrogens with one attached hydrogen (secondary N) is 1. The Morgan fingerprint density at radius 2 is 1.93 bits per heavy atom. The van der Waals surface area contributed by atoms with Crippen molar-refractivity contribution in [2.75, 3.05) is 13.2 Å². The van der Waals surface area contributed by atoms with Crippen molar-refractivity contribution in [1.29, 1.82) is 0 Å². The lowest BCUT2D eigenvalue weighted by molar-refractivity contribution is -0.124. The number of benzene rings is 1. The van der Waals surface area contributed by atoms with E-state index in [1.54, 1.807) is 0 Å². The highest BCUT2D eigenvalue weighted by atomic mass is 32.1. The van der Waals surface area contributed by atoms with E-state index in [1.165, 1.54) is 34.4 Å². The highest BCUT2D eigenvalue weighted by Crippen LogP contribution is 2.25. The summed E-state index contributed by atoms with van der Waals surface area (Å²) in [7, 11) is 0. The van der Waals surface area contributed by atoms with E-state index in [2.05, 4.69) is 5.32 Å². The Kier molecular flexibility index (Phi) is 6.43. The van der Waals surface area contributed by atoms with Crippen LogP contribution in [0.25, 0.3) is 0 Å². The number of carbonyl (C=O) groups excluding carboxylic acids is 4. The summed E-state index contributed by atoms with van der Waals surface area (Å²) in [6.45, 7) is 3.74. The first-order chi connectivity index (χ1) is 13.9. The molecule has 1 N–H and O–H groups in total. The van der Waals surface area contributed by atoms with Crippen LogP contribution in [0.1, 0.15) is 68.7 Å². The standard InChI is InChI=1S/C21H22N2O5S/c1-3-4-9-23-19(25)15-8-7-14(11-16(15)20(23)26)21(27)28-12-18(24)22-13(2)17-6-5-10-29-17/h5-8,10-11,13H,3-4,9,12H2,1-2H3,(H,22,24)/t13-/m0/s1. The van der Waals surface area contributed by atoms with Crippen molar-refractivity contribution in [2.24, 2.45) is 0 Å². The van der Waals surface area contributed by atoms with Gasteiger partial charge < -0.3 is 10.1 Å². The third kappa shape index (κ3) is 4.54. The van der Waals surface area contributed by atoms with Crippen molar-refractivity contribution in [1.82, 2.24) is 10.2 Å². The molecule has 0 saturated carbocycles. The van der Waals surface area contributed by atoms with E-state index in [1.807, 2.05) is 31.4 Å². The summed E-state index contributed by atoms with van der Waals surface area (Å²) < 4.78 is 5.06. The minimum absolute atomic E-state index is 0.126. The smallest absolute Gasteiger partial charge is 0.338 e. The molecule has 0 saturated heterocycles. The quantitative estimate of drug-likeness (QED) is 0.529. The summed E-state index contributed by atoms with van der Waals surface area (Å²) in [5.74, 6) is -1.90. The van der Waals surface area contributed by atoms with Gasteiger partial charge in [0, 0.05) is 11.4 Å². The Bertz CT molecular complexity index is 939. The van der Waals surface area contributed by atoms with Gasteiger partial charge in [0.2, 0.25) is 0 Å². The van der Waals surface area contributed by atoms with Gasteiger partial charge in [-0.2, -0.15) is 0 Å². The first-order valence-corrected chi connectivity index (χ1v) is 10.3. The number of fused-ring (bicyclic) bond motifs is 1. The van der Waals surface area contributed by atoms with E-state index in [9.17, 15) is 19.2 Å². The summed E-state index contributed by atoms with van der Waals surface area (Å²) in [6.07, 6.45) is 1.58. The molecule has 0 radical (unpaired) electrons. The number of ether oxygens (including phenoxy) is 1. The molecule has 1 aromatic carbocycles. The molecular formula is C21H22N2O5S. The van der Waals surface area contributed by atoms with Gasteiger partial charge in [-0.05, 0) is 43.0 Å². The van der Waals surface area contributed by atoms with Crippen LogP contribution in [-0.2, 0) is 9.53 Å². The van der Waals surface area contributed by atoms with E-state index in [0.29, 0.717) is 6.54 Å². The summed E-state index contributed by atoms with van der Waals surface area (Å²) in [5, 5.41) is 4.68. The number of amides is 3. The number of hydrogen-bond donors (Lipinski definition) is 1. The second-order valence-electron chi connectivity index (χ2n) is 6.76. The summed E-state index contributed by atoms with van der Waals surface area (Å²) in [5.41, 5.74) is 0.600. The number of carbonyl (C=O) groups is 4. The van der Waals surface area contributed by atoms with Crippen molar-refractivity contribution in [3.63, 3.8) is 0 Å². The fourth-order valence-corrected chi connectivity index (χ4v) is 3.78. The number of esters is 1. The molecule has 0 aliphatic carbocycles. The number of nitrogens with zero attached hydrogens (tertiary/aromatic N) is 1. The number of unbranched alkanes of at least 4 members (excludes halogenated alkanes) is 1. The van der Waals surface area contributed by atoms with E-state index >= 15 is 0 Å². The van der Waals surface area contributed by atoms with Crippen LogP contribution < -0.4 is 5.32 Å². The van der Waals surface area contributed by atoms with Crippen LogP contribution >= 0.6 is 11.3 Å². The van der Waals surface area contributed by atoms with Crippen LogP contribution in [0.15, 0.2) is 35.7 Å². The maximum atomic E-state index is 12.5. The van der Waals surface area contributed by atoms with Crippen molar-refractivity contribution in [3.8, 4) is 0 Å². The Morgan fingerprint density at radius 3 is 2.62 bits per heavy atom. The zero-order valence-electron chi connectivity index (χ0n) is 16.3. The third-order valence-electron chi connectivity index (χ3n) is 4.62. The van der Waals surface area contributed by atoms with Crippen LogP contribution in [0.5, 0.6) is 0 Å². The van der Waals surface area contributed by atoms with Crippen LogP contribution in [0.2, 0.25) is 0 Å². The second-order valence-corrected chi connectivity index (χ2v) is 7.74. The largest absolute Gasteiger partial charge is 0.452 e. The molecule has 0 fully saturated rings. The fourth-order valence-electron chi connectivity index (χ4n) is 3.04. The van der Waals surface area contributed by atoms with Gasteiger partial charge in [0.05, 0.1) is 22.7 Å². The summed E-state index contributed by atoms with van der Waals surface area (Å²) in [4.78, 5) is 51.3. The SMILES string of the molecule is CCCCN1C(=O)c2ccc(C(=O)OCC(=O)N[C@@H](C)c3cccs3)cc2C1=O. The Hall–Kier alpha value is -3.00. The zero-order chi connectivity index (χ0) is 21.0. The molecule has 2 heterocycles. The highest BCUT2D eigenvalue weighted by molar-refractivity contribution is 7.10. The molecule has 1 aliphatic rings. The molecule has 3 rings (SSSR count). The molecule has 152 valence electrons. The molecule has 0 spiro atoms. The van der Waals surface area contributed by atoms with Gasteiger partial charge >= 0.3 is 5.97 Å². The molecule has 8 heteroatoms. The molecule has 1 atom stereocenters. The van der Waals surface area contributed by atoms with Crippen LogP contribution in [0, 0.1) is 0 Å². The van der Waals surface area contributed by atoms with Gasteiger partial charge in [-0.1, -0.05) is 19.4 Å². The lowest BCUT2D eigenvalue weighted by atomic mass is 10.1. The third-order valence-corrected chi connectivity index (χ3v) is 5.68. The normalized spacial score (nSPS) is 13.9. The summed E-state index contributed by atoms with van der Waals surface area (Å²) >= 11 is 1.52. The number of imide groups is 1. The lowest BCUT2D eigenvalue weighted by Gasteiger charge is -2.12. The number of thiophene rings is 1. The van der Waals surface area contributed by atoms with Crippen molar-refractivity contribution in [2.45, 2.75) is 32.7 Å². The number of rotatable bonds is 8. The summed E-state index contributed by atoms with van der Waals surface area (Å²) in [6, 6.07) is 7.87. The number of hydrogen-bond acceptors (Lipinski definition) is 6. The Morgan fingerprint density at radius 1 is 1.17 bits per heavy atom. The first kappa shape index (κ1) is 20.7. The molecule has 0 unspecified atom stereocenters. The minimum Gasteiger partial charge on any atom is -0.452 e. The molecule has 2 aromatic rings. The molecular weight excluding hydrogens is 392 g/mol. The highest BCUT2D eigenvalue weighted by Gasteiger charge is 2.35. The van der Waals surface area contributed by atoms with Gasteiger partial charge in [0.15, 0.2) is 6.61 Å². The van der Waals surface area contributed by atoms with E-state index < -0.39 is 24.4 Å². The monoisotopic (exact) mass is 414 g/mol. The topological polar surface area (TPSA) is 92.8 Å². The Balaban J connectivity index is 1.60. The van der Waals surface area contributed by atoms with Crippen molar-refractivity contribution in [3.05, 3.63) is 57.3 Å². The molecule has 1 aromatic heterocycles. The maximum absolute atomic E-state index is 12.5. The predicted molar refractivity (Wildman–Crippen MR) is 108 cm³/mol. The second kappa shape index (κ2) is 9.00. The molecule has 29 heavy (non-hydrogen) atoms. The average molecular weight is 414 g/mol. The minimum atomic E-state index is -0.723. The lowest BCUT2D eigenvalue weighted by Crippen LogP contribution is -2.30. The Labute approximate surface area is 172 Å². The van der Waals surface area contributed by atoms with Crippen LogP contribution in [0.4, 0.5) is 0 Å². The first-order valence-electron chi connectivity index (χ1n) is 9.42.